The second-order valence-corrected chi connectivity index (χ2v) is 8.11. The second kappa shape index (κ2) is 12.2. The van der Waals surface area contributed by atoms with Gasteiger partial charge in [-0.3, -0.25) is 14.6 Å². The van der Waals surface area contributed by atoms with E-state index >= 15 is 0 Å². The maximum atomic E-state index is 12.9. The number of amides is 4. The third-order valence-corrected chi connectivity index (χ3v) is 5.08. The van der Waals surface area contributed by atoms with Crippen LogP contribution in [0.15, 0.2) is 79.0 Å². The topological polar surface area (TPSA) is 112 Å². The summed E-state index contributed by atoms with van der Waals surface area (Å²) in [6.45, 7) is 4.36. The van der Waals surface area contributed by atoms with E-state index in [1.807, 2.05) is 62.4 Å². The Morgan fingerprint density at radius 3 is 2.32 bits per heavy atom. The molecule has 0 aliphatic heterocycles. The Hall–Kier alpha value is -4.20. The van der Waals surface area contributed by atoms with Gasteiger partial charge in [-0.15, -0.1) is 0 Å². The Morgan fingerprint density at radius 2 is 1.62 bits per heavy atom. The van der Waals surface area contributed by atoms with Crippen molar-refractivity contribution in [1.82, 2.24) is 20.9 Å². The number of hydrogen-bond donors (Lipinski definition) is 4. The maximum absolute atomic E-state index is 12.9. The van der Waals surface area contributed by atoms with Gasteiger partial charge >= 0.3 is 6.03 Å². The zero-order valence-corrected chi connectivity index (χ0v) is 19.2. The Bertz CT molecular complexity index is 1100. The van der Waals surface area contributed by atoms with E-state index in [-0.39, 0.29) is 17.7 Å². The number of hydrogen-bond acceptors (Lipinski definition) is 4. The summed E-state index contributed by atoms with van der Waals surface area (Å²) in [6, 6.07) is 20.5. The molecule has 0 saturated heterocycles. The van der Waals surface area contributed by atoms with Crippen molar-refractivity contribution < 1.29 is 14.4 Å². The van der Waals surface area contributed by atoms with Crippen LogP contribution in [0.5, 0.6) is 0 Å². The molecule has 4 amide bonds. The Balaban J connectivity index is 1.56. The van der Waals surface area contributed by atoms with Crippen LogP contribution in [0.1, 0.15) is 35.5 Å². The van der Waals surface area contributed by atoms with Crippen molar-refractivity contribution in [3.05, 3.63) is 95.8 Å². The van der Waals surface area contributed by atoms with Crippen molar-refractivity contribution in [2.24, 2.45) is 5.92 Å². The van der Waals surface area contributed by atoms with Crippen molar-refractivity contribution >= 4 is 23.5 Å². The second-order valence-electron chi connectivity index (χ2n) is 8.11. The predicted molar refractivity (Wildman–Crippen MR) is 131 cm³/mol. The SMILES string of the molecule is CC(C)C(NC(=O)NCc1ccccc1)C(=O)Nc1cccc(C(=O)NCc2ccccn2)c1. The summed E-state index contributed by atoms with van der Waals surface area (Å²) >= 11 is 0. The van der Waals surface area contributed by atoms with Crippen LogP contribution in [0.25, 0.3) is 0 Å². The summed E-state index contributed by atoms with van der Waals surface area (Å²) in [6.07, 6.45) is 1.67. The molecule has 1 unspecified atom stereocenters. The van der Waals surface area contributed by atoms with Crippen molar-refractivity contribution in [1.29, 1.82) is 0 Å². The average Bonchev–Trinajstić information content (AvgIpc) is 2.85. The number of pyridine rings is 1. The lowest BCUT2D eigenvalue weighted by molar-refractivity contribution is -0.118. The molecule has 8 heteroatoms. The maximum Gasteiger partial charge on any atom is 0.315 e. The molecule has 4 N–H and O–H groups in total. The molecule has 0 aliphatic rings. The highest BCUT2D eigenvalue weighted by Crippen LogP contribution is 2.13. The number of anilines is 1. The van der Waals surface area contributed by atoms with Crippen LogP contribution in [-0.4, -0.2) is 28.9 Å². The van der Waals surface area contributed by atoms with Crippen molar-refractivity contribution in [3.63, 3.8) is 0 Å². The van der Waals surface area contributed by atoms with E-state index in [9.17, 15) is 14.4 Å². The van der Waals surface area contributed by atoms with Gasteiger partial charge in [-0.2, -0.15) is 0 Å². The third-order valence-electron chi connectivity index (χ3n) is 5.08. The molecular weight excluding hydrogens is 430 g/mol. The molecular formula is C26H29N5O3. The van der Waals surface area contributed by atoms with Crippen LogP contribution in [0.4, 0.5) is 10.5 Å². The van der Waals surface area contributed by atoms with E-state index in [2.05, 4.69) is 26.3 Å². The lowest BCUT2D eigenvalue weighted by atomic mass is 10.0. The molecule has 8 nitrogen and oxygen atoms in total. The smallest absolute Gasteiger partial charge is 0.315 e. The van der Waals surface area contributed by atoms with Gasteiger partial charge in [-0.25, -0.2) is 4.79 Å². The average molecular weight is 460 g/mol. The number of benzene rings is 2. The minimum atomic E-state index is -0.752. The lowest BCUT2D eigenvalue weighted by Gasteiger charge is -2.22. The number of urea groups is 1. The van der Waals surface area contributed by atoms with Crippen LogP contribution < -0.4 is 21.3 Å². The summed E-state index contributed by atoms with van der Waals surface area (Å²) in [5, 5.41) is 11.1. The van der Waals surface area contributed by atoms with Gasteiger partial charge in [0.25, 0.3) is 5.91 Å². The van der Waals surface area contributed by atoms with Gasteiger partial charge in [0.15, 0.2) is 0 Å². The fourth-order valence-electron chi connectivity index (χ4n) is 3.24. The highest BCUT2D eigenvalue weighted by atomic mass is 16.2. The lowest BCUT2D eigenvalue weighted by Crippen LogP contribution is -2.50. The van der Waals surface area contributed by atoms with Gasteiger partial charge in [-0.1, -0.05) is 56.3 Å². The molecule has 3 aromatic rings. The number of nitrogens with zero attached hydrogens (tertiary/aromatic N) is 1. The van der Waals surface area contributed by atoms with Gasteiger partial charge in [0.1, 0.15) is 6.04 Å². The Morgan fingerprint density at radius 1 is 0.853 bits per heavy atom. The number of rotatable bonds is 9. The zero-order chi connectivity index (χ0) is 24.3. The van der Waals surface area contributed by atoms with E-state index in [1.54, 1.807) is 30.5 Å². The van der Waals surface area contributed by atoms with Crippen LogP contribution in [0.2, 0.25) is 0 Å². The molecule has 1 atom stereocenters. The molecule has 2 aromatic carbocycles. The standard InChI is InChI=1S/C26H29N5O3/c1-18(2)23(31-26(34)29-16-19-9-4-3-5-10-19)25(33)30-21-13-8-11-20(15-21)24(32)28-17-22-12-6-7-14-27-22/h3-15,18,23H,16-17H2,1-2H3,(H,28,32)(H,30,33)(H2,29,31,34). The first-order chi connectivity index (χ1) is 16.4. The Kier molecular flexibility index (Phi) is 8.73. The van der Waals surface area contributed by atoms with E-state index < -0.39 is 12.1 Å². The minimum Gasteiger partial charge on any atom is -0.346 e. The van der Waals surface area contributed by atoms with Crippen molar-refractivity contribution in [3.8, 4) is 0 Å². The molecule has 3 rings (SSSR count). The largest absolute Gasteiger partial charge is 0.346 e. The van der Waals surface area contributed by atoms with Gasteiger partial charge in [0.05, 0.1) is 12.2 Å². The molecule has 34 heavy (non-hydrogen) atoms. The van der Waals surface area contributed by atoms with Crippen LogP contribution in [0, 0.1) is 5.92 Å². The molecule has 0 spiro atoms. The predicted octanol–water partition coefficient (Wildman–Crippen LogP) is 3.47. The first kappa shape index (κ1) is 24.4. The van der Waals surface area contributed by atoms with Crippen LogP contribution >= 0.6 is 0 Å². The first-order valence-corrected chi connectivity index (χ1v) is 11.1. The minimum absolute atomic E-state index is 0.146. The van der Waals surface area contributed by atoms with Gasteiger partial charge in [-0.05, 0) is 41.8 Å². The molecule has 0 aliphatic carbocycles. The molecule has 1 aromatic heterocycles. The summed E-state index contributed by atoms with van der Waals surface area (Å²) in [5.74, 6) is -0.788. The summed E-state index contributed by atoms with van der Waals surface area (Å²) in [7, 11) is 0. The van der Waals surface area contributed by atoms with E-state index in [4.69, 9.17) is 0 Å². The first-order valence-electron chi connectivity index (χ1n) is 11.1. The number of carbonyl (C=O) groups is 3. The molecule has 176 valence electrons. The quantitative estimate of drug-likeness (QED) is 0.392. The molecule has 0 bridgehead atoms. The highest BCUT2D eigenvalue weighted by molar-refractivity contribution is 5.99. The number of nitrogens with one attached hydrogen (secondary N) is 4. The normalized spacial score (nSPS) is 11.4. The molecule has 0 fully saturated rings. The monoisotopic (exact) mass is 459 g/mol. The van der Waals surface area contributed by atoms with E-state index in [0.29, 0.717) is 24.3 Å². The van der Waals surface area contributed by atoms with Gasteiger partial charge in [0, 0.05) is 24.0 Å². The summed E-state index contributed by atoms with van der Waals surface area (Å²) in [5.41, 5.74) is 2.58. The van der Waals surface area contributed by atoms with Crippen molar-refractivity contribution in [2.75, 3.05) is 5.32 Å². The molecule has 1 heterocycles. The number of carbonyl (C=O) groups excluding carboxylic acids is 3. The molecule has 0 radical (unpaired) electrons. The van der Waals surface area contributed by atoms with Gasteiger partial charge in [0.2, 0.25) is 5.91 Å². The van der Waals surface area contributed by atoms with E-state index in [1.165, 1.54) is 0 Å². The Labute approximate surface area is 199 Å². The van der Waals surface area contributed by atoms with E-state index in [0.717, 1.165) is 11.3 Å². The summed E-state index contributed by atoms with van der Waals surface area (Å²) in [4.78, 5) is 41.9. The van der Waals surface area contributed by atoms with Crippen LogP contribution in [-0.2, 0) is 17.9 Å². The zero-order valence-electron chi connectivity index (χ0n) is 19.2. The number of aromatic nitrogens is 1. The summed E-state index contributed by atoms with van der Waals surface area (Å²) < 4.78 is 0. The molecule has 0 saturated carbocycles. The third kappa shape index (κ3) is 7.44. The van der Waals surface area contributed by atoms with Crippen LogP contribution in [0.3, 0.4) is 0 Å². The fourth-order valence-corrected chi connectivity index (χ4v) is 3.24. The fraction of sp³-hybridized carbons (Fsp3) is 0.231. The van der Waals surface area contributed by atoms with Gasteiger partial charge < -0.3 is 21.3 Å². The highest BCUT2D eigenvalue weighted by Gasteiger charge is 2.24. The van der Waals surface area contributed by atoms with Crippen molar-refractivity contribution in [2.45, 2.75) is 33.0 Å².